The Morgan fingerprint density at radius 2 is 1.95 bits per heavy atom. The molecule has 0 aromatic heterocycles. The van der Waals surface area contributed by atoms with E-state index in [4.69, 9.17) is 16.7 Å². The van der Waals surface area contributed by atoms with Gasteiger partial charge in [-0.3, -0.25) is 9.59 Å². The molecule has 1 N–H and O–H groups in total. The van der Waals surface area contributed by atoms with E-state index in [1.54, 1.807) is 18.0 Å². The Labute approximate surface area is 123 Å². The van der Waals surface area contributed by atoms with E-state index in [1.165, 1.54) is 0 Å². The Hall–Kier alpha value is -1.55. The number of benzene rings is 1. The molecule has 1 aliphatic carbocycles. The van der Waals surface area contributed by atoms with Crippen LogP contribution in [0.5, 0.6) is 0 Å². The summed E-state index contributed by atoms with van der Waals surface area (Å²) in [6.45, 7) is 0.451. The predicted molar refractivity (Wildman–Crippen MR) is 76.4 cm³/mol. The molecule has 1 aliphatic rings. The number of hydrogen-bond donors (Lipinski definition) is 1. The number of aliphatic carboxylic acids is 1. The van der Waals surface area contributed by atoms with E-state index in [2.05, 4.69) is 0 Å². The predicted octanol–water partition coefficient (Wildman–Crippen LogP) is 2.80. The summed E-state index contributed by atoms with van der Waals surface area (Å²) in [7, 11) is 1.74. The molecule has 0 heterocycles. The highest BCUT2D eigenvalue weighted by atomic mass is 35.5. The standard InChI is InChI=1S/C15H18ClNO3/c1-17(9-12-4-2-3-5-13(12)16)14(18)10-6-7-11(8-10)15(19)20/h2-5,10-11H,6-9H2,1H3,(H,19,20). The van der Waals surface area contributed by atoms with Crippen molar-refractivity contribution in [2.45, 2.75) is 25.8 Å². The number of carbonyl (C=O) groups excluding carboxylic acids is 1. The maximum absolute atomic E-state index is 12.3. The minimum atomic E-state index is -0.797. The van der Waals surface area contributed by atoms with Gasteiger partial charge in [-0.15, -0.1) is 0 Å². The number of hydrogen-bond acceptors (Lipinski definition) is 2. The Morgan fingerprint density at radius 3 is 2.55 bits per heavy atom. The molecule has 5 heteroatoms. The summed E-state index contributed by atoms with van der Waals surface area (Å²) in [4.78, 5) is 24.9. The average molecular weight is 296 g/mol. The minimum absolute atomic E-state index is 0.00803. The second kappa shape index (κ2) is 6.27. The normalized spacial score (nSPS) is 21.7. The first-order chi connectivity index (χ1) is 9.49. The monoisotopic (exact) mass is 295 g/mol. The lowest BCUT2D eigenvalue weighted by molar-refractivity contribution is -0.141. The van der Waals surface area contributed by atoms with Gasteiger partial charge in [-0.05, 0) is 30.9 Å². The lowest BCUT2D eigenvalue weighted by Gasteiger charge is -2.21. The highest BCUT2D eigenvalue weighted by Crippen LogP contribution is 2.32. The summed E-state index contributed by atoms with van der Waals surface area (Å²) >= 11 is 6.08. The molecule has 2 atom stereocenters. The van der Waals surface area contributed by atoms with Gasteiger partial charge in [0.25, 0.3) is 0 Å². The Morgan fingerprint density at radius 1 is 1.30 bits per heavy atom. The molecule has 0 saturated heterocycles. The molecule has 0 spiro atoms. The van der Waals surface area contributed by atoms with Crippen molar-refractivity contribution in [2.24, 2.45) is 11.8 Å². The molecule has 2 unspecified atom stereocenters. The van der Waals surface area contributed by atoms with Crippen LogP contribution in [0.1, 0.15) is 24.8 Å². The molecule has 0 aliphatic heterocycles. The zero-order chi connectivity index (χ0) is 14.7. The van der Waals surface area contributed by atoms with Crippen LogP contribution in [0.3, 0.4) is 0 Å². The zero-order valence-corrected chi connectivity index (χ0v) is 12.1. The van der Waals surface area contributed by atoms with Gasteiger partial charge in [0.05, 0.1) is 5.92 Å². The van der Waals surface area contributed by atoms with Crippen molar-refractivity contribution in [3.63, 3.8) is 0 Å². The van der Waals surface area contributed by atoms with Crippen LogP contribution in [0, 0.1) is 11.8 Å². The molecular formula is C15H18ClNO3. The summed E-state index contributed by atoms with van der Waals surface area (Å²) in [5.74, 6) is -1.34. The highest BCUT2D eigenvalue weighted by molar-refractivity contribution is 6.31. The summed E-state index contributed by atoms with van der Waals surface area (Å²) < 4.78 is 0. The smallest absolute Gasteiger partial charge is 0.306 e. The van der Waals surface area contributed by atoms with Gasteiger partial charge in [0.2, 0.25) is 5.91 Å². The van der Waals surface area contributed by atoms with Crippen LogP contribution >= 0.6 is 11.6 Å². The van der Waals surface area contributed by atoms with E-state index in [-0.39, 0.29) is 17.7 Å². The van der Waals surface area contributed by atoms with Crippen molar-refractivity contribution in [2.75, 3.05) is 7.05 Å². The van der Waals surface area contributed by atoms with Crippen molar-refractivity contribution < 1.29 is 14.7 Å². The average Bonchev–Trinajstić information content (AvgIpc) is 2.90. The van der Waals surface area contributed by atoms with Crippen LogP contribution in [-0.2, 0) is 16.1 Å². The number of rotatable bonds is 4. The van der Waals surface area contributed by atoms with E-state index in [0.717, 1.165) is 5.56 Å². The molecule has 1 aromatic carbocycles. The molecular weight excluding hydrogens is 278 g/mol. The summed E-state index contributed by atoms with van der Waals surface area (Å²) in [5.41, 5.74) is 0.901. The van der Waals surface area contributed by atoms with Gasteiger partial charge in [0.15, 0.2) is 0 Å². The van der Waals surface area contributed by atoms with Crippen molar-refractivity contribution in [3.05, 3.63) is 34.9 Å². The summed E-state index contributed by atoms with van der Waals surface area (Å²) in [6.07, 6.45) is 1.69. The molecule has 2 rings (SSSR count). The van der Waals surface area contributed by atoms with E-state index >= 15 is 0 Å². The van der Waals surface area contributed by atoms with Crippen LogP contribution < -0.4 is 0 Å². The first-order valence-corrected chi connectivity index (χ1v) is 7.08. The van der Waals surface area contributed by atoms with Gasteiger partial charge < -0.3 is 10.0 Å². The molecule has 1 fully saturated rings. The van der Waals surface area contributed by atoms with Gasteiger partial charge in [-0.25, -0.2) is 0 Å². The molecule has 0 bridgehead atoms. The maximum atomic E-state index is 12.3. The minimum Gasteiger partial charge on any atom is -0.481 e. The van der Waals surface area contributed by atoms with Crippen LogP contribution in [0.25, 0.3) is 0 Å². The van der Waals surface area contributed by atoms with Gasteiger partial charge in [0.1, 0.15) is 0 Å². The van der Waals surface area contributed by atoms with Crippen LogP contribution in [-0.4, -0.2) is 28.9 Å². The largest absolute Gasteiger partial charge is 0.481 e. The first-order valence-electron chi connectivity index (χ1n) is 6.70. The molecule has 4 nitrogen and oxygen atoms in total. The third-order valence-electron chi connectivity index (χ3n) is 3.87. The lowest BCUT2D eigenvalue weighted by Crippen LogP contribution is -2.31. The van der Waals surface area contributed by atoms with Gasteiger partial charge in [-0.2, -0.15) is 0 Å². The van der Waals surface area contributed by atoms with Crippen molar-refractivity contribution in [1.82, 2.24) is 4.90 Å². The van der Waals surface area contributed by atoms with Gasteiger partial charge in [-0.1, -0.05) is 29.8 Å². The maximum Gasteiger partial charge on any atom is 0.306 e. The molecule has 1 aromatic rings. The highest BCUT2D eigenvalue weighted by Gasteiger charge is 2.35. The second-order valence-corrected chi connectivity index (χ2v) is 5.74. The van der Waals surface area contributed by atoms with Crippen molar-refractivity contribution in [1.29, 1.82) is 0 Å². The van der Waals surface area contributed by atoms with Crippen molar-refractivity contribution in [3.8, 4) is 0 Å². The Kier molecular flexibility index (Phi) is 4.65. The number of halogens is 1. The van der Waals surface area contributed by atoms with E-state index in [1.807, 2.05) is 18.2 Å². The van der Waals surface area contributed by atoms with E-state index < -0.39 is 5.97 Å². The number of carbonyl (C=O) groups is 2. The Bertz CT molecular complexity index is 518. The van der Waals surface area contributed by atoms with Crippen LogP contribution in [0.4, 0.5) is 0 Å². The number of carboxylic acid groups (broad SMARTS) is 1. The fraction of sp³-hybridized carbons (Fsp3) is 0.467. The zero-order valence-electron chi connectivity index (χ0n) is 11.4. The molecule has 108 valence electrons. The molecule has 1 saturated carbocycles. The molecule has 20 heavy (non-hydrogen) atoms. The molecule has 1 amide bonds. The number of nitrogens with zero attached hydrogens (tertiary/aromatic N) is 1. The van der Waals surface area contributed by atoms with Crippen LogP contribution in [0.15, 0.2) is 24.3 Å². The fourth-order valence-electron chi connectivity index (χ4n) is 2.70. The van der Waals surface area contributed by atoms with E-state index in [0.29, 0.717) is 30.8 Å². The van der Waals surface area contributed by atoms with Crippen molar-refractivity contribution >= 4 is 23.5 Å². The Balaban J connectivity index is 1.96. The SMILES string of the molecule is CN(Cc1ccccc1Cl)C(=O)C1CCC(C(=O)O)C1. The quantitative estimate of drug-likeness (QED) is 0.929. The summed E-state index contributed by atoms with van der Waals surface area (Å²) in [5, 5.41) is 9.62. The number of amides is 1. The number of carboxylic acids is 1. The van der Waals surface area contributed by atoms with Gasteiger partial charge in [0, 0.05) is 24.5 Å². The van der Waals surface area contributed by atoms with Crippen LogP contribution in [0.2, 0.25) is 5.02 Å². The van der Waals surface area contributed by atoms with E-state index in [9.17, 15) is 9.59 Å². The summed E-state index contributed by atoms with van der Waals surface area (Å²) in [6, 6.07) is 7.42. The second-order valence-electron chi connectivity index (χ2n) is 5.33. The third kappa shape index (κ3) is 3.31. The lowest BCUT2D eigenvalue weighted by atomic mass is 10.0. The third-order valence-corrected chi connectivity index (χ3v) is 4.24. The fourth-order valence-corrected chi connectivity index (χ4v) is 2.90. The van der Waals surface area contributed by atoms with Gasteiger partial charge >= 0.3 is 5.97 Å². The first kappa shape index (κ1) is 14.9. The molecule has 0 radical (unpaired) electrons. The topological polar surface area (TPSA) is 57.6 Å².